The Labute approximate surface area is 109 Å². The van der Waals surface area contributed by atoms with Crippen LogP contribution in [-0.4, -0.2) is 27.9 Å². The number of aromatic nitrogens is 2. The Hall–Kier alpha value is -0.910. The summed E-state index contributed by atoms with van der Waals surface area (Å²) in [7, 11) is 0. The molecule has 3 rings (SSSR count). The zero-order chi connectivity index (χ0) is 11.7. The van der Waals surface area contributed by atoms with Gasteiger partial charge in [-0.15, -0.1) is 0 Å². The first-order valence-electron chi connectivity index (χ1n) is 5.72. The van der Waals surface area contributed by atoms with E-state index in [-0.39, 0.29) is 0 Å². The van der Waals surface area contributed by atoms with Gasteiger partial charge in [0.25, 0.3) is 0 Å². The van der Waals surface area contributed by atoms with Gasteiger partial charge < -0.3 is 10.6 Å². The largest absolute Gasteiger partial charge is 0.380 e. The maximum Gasteiger partial charge on any atom is 0.129 e. The molecule has 1 saturated heterocycles. The van der Waals surface area contributed by atoms with Crippen LogP contribution in [0.5, 0.6) is 0 Å². The van der Waals surface area contributed by atoms with Crippen molar-refractivity contribution in [2.45, 2.75) is 18.9 Å². The molecule has 0 saturated carbocycles. The second kappa shape index (κ2) is 4.76. The normalized spacial score (nSPS) is 19.9. The standard InChI is InChI=1S/C11H13ClN4S/c12-8-3-4-9-11(16-17-15-9)10(8)14-6-7-2-1-5-13-7/h3-4,7,13-14H,1-2,5-6H2. The van der Waals surface area contributed by atoms with Crippen LogP contribution in [0.2, 0.25) is 5.02 Å². The zero-order valence-electron chi connectivity index (χ0n) is 9.24. The third kappa shape index (κ3) is 2.22. The molecule has 0 spiro atoms. The van der Waals surface area contributed by atoms with Crippen LogP contribution in [0, 0.1) is 0 Å². The van der Waals surface area contributed by atoms with E-state index >= 15 is 0 Å². The fraction of sp³-hybridized carbons (Fsp3) is 0.455. The van der Waals surface area contributed by atoms with E-state index in [0.29, 0.717) is 11.1 Å². The van der Waals surface area contributed by atoms with Crippen molar-refractivity contribution in [2.75, 3.05) is 18.4 Å². The van der Waals surface area contributed by atoms with Gasteiger partial charge in [0.2, 0.25) is 0 Å². The molecule has 4 nitrogen and oxygen atoms in total. The van der Waals surface area contributed by atoms with Gasteiger partial charge in [0.15, 0.2) is 0 Å². The van der Waals surface area contributed by atoms with E-state index in [9.17, 15) is 0 Å². The molecule has 0 bridgehead atoms. The van der Waals surface area contributed by atoms with Gasteiger partial charge in [-0.25, -0.2) is 0 Å². The van der Waals surface area contributed by atoms with Gasteiger partial charge in [-0.05, 0) is 31.5 Å². The first-order chi connectivity index (χ1) is 8.34. The number of anilines is 1. The smallest absolute Gasteiger partial charge is 0.129 e. The van der Waals surface area contributed by atoms with Crippen LogP contribution in [0.4, 0.5) is 5.69 Å². The van der Waals surface area contributed by atoms with Crippen LogP contribution >= 0.6 is 23.3 Å². The average Bonchev–Trinajstić information content (AvgIpc) is 2.97. The van der Waals surface area contributed by atoms with Gasteiger partial charge >= 0.3 is 0 Å². The molecule has 1 fully saturated rings. The summed E-state index contributed by atoms with van der Waals surface area (Å²) in [6, 6.07) is 4.31. The first kappa shape index (κ1) is 11.2. The number of halogens is 1. The quantitative estimate of drug-likeness (QED) is 0.898. The summed E-state index contributed by atoms with van der Waals surface area (Å²) in [4.78, 5) is 0. The van der Waals surface area contributed by atoms with E-state index in [0.717, 1.165) is 29.8 Å². The highest BCUT2D eigenvalue weighted by atomic mass is 35.5. The Bertz CT molecular complexity index is 521. The molecule has 1 aliphatic rings. The molecule has 1 aromatic heterocycles. The monoisotopic (exact) mass is 268 g/mol. The number of nitrogens with one attached hydrogen (secondary N) is 2. The predicted molar refractivity (Wildman–Crippen MR) is 71.9 cm³/mol. The molecule has 1 aromatic carbocycles. The van der Waals surface area contributed by atoms with Gasteiger partial charge in [0.1, 0.15) is 11.0 Å². The summed E-state index contributed by atoms with van der Waals surface area (Å²) in [6.45, 7) is 2.00. The van der Waals surface area contributed by atoms with E-state index in [1.807, 2.05) is 12.1 Å². The van der Waals surface area contributed by atoms with E-state index in [4.69, 9.17) is 11.6 Å². The summed E-state index contributed by atoms with van der Waals surface area (Å²) < 4.78 is 8.50. The molecular weight excluding hydrogens is 256 g/mol. The van der Waals surface area contributed by atoms with Crippen molar-refractivity contribution in [3.8, 4) is 0 Å². The summed E-state index contributed by atoms with van der Waals surface area (Å²) in [6.07, 6.45) is 2.47. The van der Waals surface area contributed by atoms with E-state index in [2.05, 4.69) is 19.4 Å². The van der Waals surface area contributed by atoms with Crippen LogP contribution in [0.3, 0.4) is 0 Å². The van der Waals surface area contributed by atoms with E-state index in [1.54, 1.807) is 0 Å². The second-order valence-corrected chi connectivity index (χ2v) is 5.16. The summed E-state index contributed by atoms with van der Waals surface area (Å²) in [5.74, 6) is 0. The van der Waals surface area contributed by atoms with Gasteiger partial charge in [-0.2, -0.15) is 8.75 Å². The highest BCUT2D eigenvalue weighted by molar-refractivity contribution is 7.00. The molecule has 1 unspecified atom stereocenters. The lowest BCUT2D eigenvalue weighted by molar-refractivity contribution is 0.634. The molecule has 2 aromatic rings. The van der Waals surface area contributed by atoms with Crippen molar-refractivity contribution < 1.29 is 0 Å². The first-order valence-corrected chi connectivity index (χ1v) is 6.83. The van der Waals surface area contributed by atoms with Crippen molar-refractivity contribution in [1.82, 2.24) is 14.1 Å². The maximum absolute atomic E-state index is 6.20. The number of rotatable bonds is 3. The number of fused-ring (bicyclic) bond motifs is 1. The lowest BCUT2D eigenvalue weighted by atomic mass is 10.2. The molecule has 1 atom stereocenters. The number of hydrogen-bond acceptors (Lipinski definition) is 5. The van der Waals surface area contributed by atoms with Crippen LogP contribution in [0.1, 0.15) is 12.8 Å². The lowest BCUT2D eigenvalue weighted by Gasteiger charge is -2.13. The Kier molecular flexibility index (Phi) is 3.13. The molecular formula is C11H13ClN4S. The topological polar surface area (TPSA) is 49.8 Å². The molecule has 0 aliphatic carbocycles. The fourth-order valence-corrected chi connectivity index (χ4v) is 2.91. The van der Waals surface area contributed by atoms with Gasteiger partial charge in [0.05, 0.1) is 22.4 Å². The molecule has 0 amide bonds. The molecule has 90 valence electrons. The third-order valence-corrected chi connectivity index (χ3v) is 3.92. The predicted octanol–water partition coefficient (Wildman–Crippen LogP) is 2.51. The Morgan fingerprint density at radius 3 is 3.24 bits per heavy atom. The van der Waals surface area contributed by atoms with Crippen LogP contribution in [0.25, 0.3) is 11.0 Å². The van der Waals surface area contributed by atoms with Crippen molar-refractivity contribution in [1.29, 1.82) is 0 Å². The Balaban J connectivity index is 1.82. The lowest BCUT2D eigenvalue weighted by Crippen LogP contribution is -2.29. The molecule has 1 aliphatic heterocycles. The maximum atomic E-state index is 6.20. The minimum Gasteiger partial charge on any atom is -0.380 e. The highest BCUT2D eigenvalue weighted by Gasteiger charge is 2.15. The second-order valence-electron chi connectivity index (χ2n) is 4.23. The minimum absolute atomic E-state index is 0.535. The van der Waals surface area contributed by atoms with Crippen molar-refractivity contribution >= 4 is 40.0 Å². The SMILES string of the molecule is Clc1ccc2nsnc2c1NCC1CCCN1. The van der Waals surface area contributed by atoms with Crippen LogP contribution in [0.15, 0.2) is 12.1 Å². The third-order valence-electron chi connectivity index (χ3n) is 3.06. The molecule has 6 heteroatoms. The van der Waals surface area contributed by atoms with Crippen molar-refractivity contribution in [2.24, 2.45) is 0 Å². The number of nitrogens with zero attached hydrogens (tertiary/aromatic N) is 2. The Morgan fingerprint density at radius 2 is 2.41 bits per heavy atom. The van der Waals surface area contributed by atoms with Gasteiger partial charge in [-0.3, -0.25) is 0 Å². The Morgan fingerprint density at radius 1 is 1.47 bits per heavy atom. The van der Waals surface area contributed by atoms with Gasteiger partial charge in [-0.1, -0.05) is 11.6 Å². The summed E-state index contributed by atoms with van der Waals surface area (Å²) in [5.41, 5.74) is 2.69. The van der Waals surface area contributed by atoms with E-state index < -0.39 is 0 Å². The zero-order valence-corrected chi connectivity index (χ0v) is 10.8. The minimum atomic E-state index is 0.535. The number of benzene rings is 1. The summed E-state index contributed by atoms with van der Waals surface area (Å²) in [5, 5.41) is 7.55. The molecule has 17 heavy (non-hydrogen) atoms. The van der Waals surface area contributed by atoms with Crippen LogP contribution in [-0.2, 0) is 0 Å². The molecule has 2 heterocycles. The van der Waals surface area contributed by atoms with Crippen LogP contribution < -0.4 is 10.6 Å². The molecule has 0 radical (unpaired) electrons. The van der Waals surface area contributed by atoms with Gasteiger partial charge in [0, 0.05) is 12.6 Å². The number of hydrogen-bond donors (Lipinski definition) is 2. The fourth-order valence-electron chi connectivity index (χ4n) is 2.15. The van der Waals surface area contributed by atoms with Crippen molar-refractivity contribution in [3.63, 3.8) is 0 Å². The molecule has 2 N–H and O–H groups in total. The average molecular weight is 269 g/mol. The highest BCUT2D eigenvalue weighted by Crippen LogP contribution is 2.29. The van der Waals surface area contributed by atoms with E-state index in [1.165, 1.54) is 24.6 Å². The van der Waals surface area contributed by atoms with Crippen molar-refractivity contribution in [3.05, 3.63) is 17.2 Å². The summed E-state index contributed by atoms with van der Waals surface area (Å²) >= 11 is 7.42.